The number of hydrogen-bond acceptors (Lipinski definition) is 4. The van der Waals surface area contributed by atoms with Gasteiger partial charge in [0.25, 0.3) is 5.56 Å². The number of benzene rings is 2. The van der Waals surface area contributed by atoms with Crippen molar-refractivity contribution in [1.82, 2.24) is 9.97 Å². The number of rotatable bonds is 4. The summed E-state index contributed by atoms with van der Waals surface area (Å²) in [6, 6.07) is 11.8. The minimum absolute atomic E-state index is 0.209. The van der Waals surface area contributed by atoms with Gasteiger partial charge in [0.1, 0.15) is 16.5 Å². The van der Waals surface area contributed by atoms with Gasteiger partial charge in [-0.2, -0.15) is 0 Å². The third-order valence-corrected chi connectivity index (χ3v) is 5.56. The maximum absolute atomic E-state index is 13.2. The van der Waals surface area contributed by atoms with Gasteiger partial charge in [-0.05, 0) is 42.3 Å². The van der Waals surface area contributed by atoms with Crippen LogP contribution in [0.3, 0.4) is 0 Å². The zero-order chi connectivity index (χ0) is 19.0. The van der Waals surface area contributed by atoms with Gasteiger partial charge < -0.3 is 10.3 Å². The molecule has 0 aliphatic carbocycles. The fraction of sp³-hybridized carbons (Fsp3) is 0.100. The van der Waals surface area contributed by atoms with E-state index in [1.807, 2.05) is 30.5 Å². The third-order valence-electron chi connectivity index (χ3n) is 4.28. The molecule has 2 heterocycles. The number of thiophene rings is 1. The Morgan fingerprint density at radius 2 is 2.00 bits per heavy atom. The number of nitrogens with zero attached hydrogens (tertiary/aromatic N) is 1. The molecule has 2 aromatic heterocycles. The van der Waals surface area contributed by atoms with Gasteiger partial charge in [-0.15, -0.1) is 11.3 Å². The largest absolute Gasteiger partial charge is 0.378 e. The number of aromatic nitrogens is 2. The van der Waals surface area contributed by atoms with Gasteiger partial charge in [0, 0.05) is 21.7 Å². The van der Waals surface area contributed by atoms with Crippen molar-refractivity contribution in [2.45, 2.75) is 13.5 Å². The Balaban J connectivity index is 1.63. The van der Waals surface area contributed by atoms with Crippen molar-refractivity contribution in [3.05, 3.63) is 80.4 Å². The van der Waals surface area contributed by atoms with E-state index < -0.39 is 0 Å². The van der Waals surface area contributed by atoms with Gasteiger partial charge in [-0.3, -0.25) is 4.79 Å². The lowest BCUT2D eigenvalue weighted by Gasteiger charge is -2.08. The van der Waals surface area contributed by atoms with Crippen LogP contribution in [-0.4, -0.2) is 9.97 Å². The van der Waals surface area contributed by atoms with E-state index in [-0.39, 0.29) is 11.4 Å². The molecule has 0 amide bonds. The molecule has 0 aliphatic heterocycles. The van der Waals surface area contributed by atoms with Gasteiger partial charge in [0.15, 0.2) is 0 Å². The second-order valence-corrected chi connectivity index (χ2v) is 7.43. The van der Waals surface area contributed by atoms with E-state index >= 15 is 0 Å². The van der Waals surface area contributed by atoms with Crippen LogP contribution in [0.15, 0.2) is 52.6 Å². The van der Waals surface area contributed by atoms with Crippen molar-refractivity contribution in [3.63, 3.8) is 0 Å². The smallest absolute Gasteiger partial charge is 0.260 e. The van der Waals surface area contributed by atoms with Crippen LogP contribution in [-0.2, 0) is 6.54 Å². The first-order chi connectivity index (χ1) is 13.0. The molecule has 4 aromatic rings. The lowest BCUT2D eigenvalue weighted by Crippen LogP contribution is -2.14. The Labute approximate surface area is 163 Å². The van der Waals surface area contributed by atoms with Crippen LogP contribution in [0.5, 0.6) is 0 Å². The van der Waals surface area contributed by atoms with Gasteiger partial charge in [0.2, 0.25) is 0 Å². The van der Waals surface area contributed by atoms with Crippen molar-refractivity contribution in [2.24, 2.45) is 0 Å². The molecule has 0 atom stereocenters. The molecule has 0 aliphatic rings. The number of hydrogen-bond donors (Lipinski definition) is 2. The highest BCUT2D eigenvalue weighted by atomic mass is 35.5. The Hall–Kier alpha value is -2.70. The molecule has 0 spiro atoms. The highest BCUT2D eigenvalue weighted by Crippen LogP contribution is 2.30. The van der Waals surface area contributed by atoms with Crippen LogP contribution < -0.4 is 10.9 Å². The summed E-state index contributed by atoms with van der Waals surface area (Å²) in [5.41, 5.74) is 3.19. The lowest BCUT2D eigenvalue weighted by molar-refractivity contribution is 0.628. The van der Waals surface area contributed by atoms with E-state index in [1.165, 1.54) is 23.5 Å². The molecule has 0 bridgehead atoms. The number of aryl methyl sites for hydroxylation is 1. The molecule has 0 fully saturated rings. The summed E-state index contributed by atoms with van der Waals surface area (Å²) in [5, 5.41) is 6.29. The summed E-state index contributed by atoms with van der Waals surface area (Å²) >= 11 is 7.53. The molecule has 0 saturated carbocycles. The van der Waals surface area contributed by atoms with Gasteiger partial charge in [-0.25, -0.2) is 9.37 Å². The Morgan fingerprint density at radius 3 is 2.74 bits per heavy atom. The van der Waals surface area contributed by atoms with Crippen molar-refractivity contribution in [3.8, 4) is 11.1 Å². The first-order valence-electron chi connectivity index (χ1n) is 8.27. The number of fused-ring (bicyclic) bond motifs is 1. The molecular formula is C20H15ClFN3OS. The van der Waals surface area contributed by atoms with Crippen molar-refractivity contribution < 1.29 is 4.39 Å². The molecule has 0 radical (unpaired) electrons. The summed E-state index contributed by atoms with van der Waals surface area (Å²) in [5.74, 6) is 0.228. The lowest BCUT2D eigenvalue weighted by atomic mass is 10.1. The summed E-state index contributed by atoms with van der Waals surface area (Å²) in [6.07, 6.45) is 0. The summed E-state index contributed by atoms with van der Waals surface area (Å²) in [6.45, 7) is 2.31. The van der Waals surface area contributed by atoms with Crippen LogP contribution in [0.2, 0.25) is 5.02 Å². The molecule has 27 heavy (non-hydrogen) atoms. The van der Waals surface area contributed by atoms with Crippen LogP contribution in [0, 0.1) is 12.7 Å². The monoisotopic (exact) mass is 399 g/mol. The molecule has 4 nitrogen and oxygen atoms in total. The fourth-order valence-corrected chi connectivity index (χ4v) is 3.96. The zero-order valence-corrected chi connectivity index (χ0v) is 15.9. The van der Waals surface area contributed by atoms with Crippen molar-refractivity contribution >= 4 is 38.8 Å². The summed E-state index contributed by atoms with van der Waals surface area (Å²) in [7, 11) is 0. The Bertz CT molecular complexity index is 1180. The topological polar surface area (TPSA) is 57.8 Å². The number of H-pyrrole nitrogens is 1. The van der Waals surface area contributed by atoms with Crippen LogP contribution in [0.1, 0.15) is 11.4 Å². The number of anilines is 1. The third kappa shape index (κ3) is 3.59. The van der Waals surface area contributed by atoms with E-state index in [0.29, 0.717) is 27.6 Å². The van der Waals surface area contributed by atoms with Gasteiger partial charge in [-0.1, -0.05) is 29.8 Å². The van der Waals surface area contributed by atoms with Crippen molar-refractivity contribution in [2.75, 3.05) is 5.32 Å². The highest BCUT2D eigenvalue weighted by Gasteiger charge is 2.13. The molecule has 7 heteroatoms. The minimum Gasteiger partial charge on any atom is -0.378 e. The average Bonchev–Trinajstić information content (AvgIpc) is 3.08. The first-order valence-corrected chi connectivity index (χ1v) is 9.53. The van der Waals surface area contributed by atoms with Gasteiger partial charge in [0.05, 0.1) is 11.9 Å². The highest BCUT2D eigenvalue weighted by molar-refractivity contribution is 7.17. The quantitative estimate of drug-likeness (QED) is 0.485. The van der Waals surface area contributed by atoms with Gasteiger partial charge >= 0.3 is 0 Å². The molecule has 0 saturated heterocycles. The van der Waals surface area contributed by atoms with E-state index in [9.17, 15) is 9.18 Å². The Morgan fingerprint density at radius 1 is 1.22 bits per heavy atom. The van der Waals surface area contributed by atoms with E-state index in [1.54, 1.807) is 12.1 Å². The van der Waals surface area contributed by atoms with Crippen LogP contribution in [0.4, 0.5) is 10.1 Å². The van der Waals surface area contributed by atoms with E-state index in [4.69, 9.17) is 11.6 Å². The second-order valence-electron chi connectivity index (χ2n) is 6.17. The fourth-order valence-electron chi connectivity index (χ4n) is 2.81. The SMILES string of the molecule is Cc1ccc(NCc2nc3scc(-c4ccc(F)cc4)c3c(=O)[nH]2)cc1Cl. The molecule has 0 unspecified atom stereocenters. The van der Waals surface area contributed by atoms with E-state index in [2.05, 4.69) is 15.3 Å². The number of nitrogens with one attached hydrogen (secondary N) is 2. The average molecular weight is 400 g/mol. The normalized spacial score (nSPS) is 11.1. The van der Waals surface area contributed by atoms with Crippen molar-refractivity contribution in [1.29, 1.82) is 0 Å². The zero-order valence-electron chi connectivity index (χ0n) is 14.3. The minimum atomic E-state index is -0.310. The predicted octanol–water partition coefficient (Wildman–Crippen LogP) is 5.36. The molecule has 2 aromatic carbocycles. The first kappa shape index (κ1) is 17.7. The molecule has 136 valence electrons. The number of aromatic amines is 1. The summed E-state index contributed by atoms with van der Waals surface area (Å²) in [4.78, 5) is 20.6. The molecular weight excluding hydrogens is 385 g/mol. The maximum Gasteiger partial charge on any atom is 0.260 e. The van der Waals surface area contributed by atoms with Crippen LogP contribution >= 0.6 is 22.9 Å². The molecule has 4 rings (SSSR count). The second kappa shape index (κ2) is 7.13. The molecule has 2 N–H and O–H groups in total. The van der Waals surface area contributed by atoms with Crippen LogP contribution in [0.25, 0.3) is 21.3 Å². The summed E-state index contributed by atoms with van der Waals surface area (Å²) < 4.78 is 13.2. The number of halogens is 2. The van der Waals surface area contributed by atoms with E-state index in [0.717, 1.165) is 22.4 Å². The standard InChI is InChI=1S/C20H15ClFN3OS/c1-11-2-7-14(8-16(11)21)23-9-17-24-19(26)18-15(10-27-20(18)25-17)12-3-5-13(22)6-4-12/h2-8,10,23H,9H2,1H3,(H,24,25,26). The predicted molar refractivity (Wildman–Crippen MR) is 109 cm³/mol. The Kier molecular flexibility index (Phi) is 4.68. The maximum atomic E-state index is 13.2.